The molecule has 6 heteroatoms. The molecule has 150 valence electrons. The number of rotatable bonds is 7. The Morgan fingerprint density at radius 1 is 1.07 bits per heavy atom. The van der Waals surface area contributed by atoms with Crippen molar-refractivity contribution in [2.45, 2.75) is 6.61 Å². The molecule has 0 bridgehead atoms. The lowest BCUT2D eigenvalue weighted by Gasteiger charge is -2.14. The van der Waals surface area contributed by atoms with E-state index in [0.29, 0.717) is 27.8 Å². The SMILES string of the molecule is COc1cccc(/C=C(\C#N)C(=O)Nc2ccccc2)c1OCc1ccc(Cl)cc1. The van der Waals surface area contributed by atoms with E-state index >= 15 is 0 Å². The first kappa shape index (κ1) is 21.0. The number of nitrogens with zero attached hydrogens (tertiary/aromatic N) is 1. The first-order valence-electron chi connectivity index (χ1n) is 9.13. The third-order valence-corrected chi connectivity index (χ3v) is 4.47. The fraction of sp³-hybridized carbons (Fsp3) is 0.0833. The summed E-state index contributed by atoms with van der Waals surface area (Å²) in [6, 6.07) is 23.5. The van der Waals surface area contributed by atoms with E-state index in [2.05, 4.69) is 5.32 Å². The zero-order valence-electron chi connectivity index (χ0n) is 16.3. The Kier molecular flexibility index (Phi) is 7.09. The molecule has 0 saturated heterocycles. The highest BCUT2D eigenvalue weighted by molar-refractivity contribution is 6.30. The Balaban J connectivity index is 1.87. The summed E-state index contributed by atoms with van der Waals surface area (Å²) in [5.41, 5.74) is 2.03. The van der Waals surface area contributed by atoms with Gasteiger partial charge in [-0.25, -0.2) is 0 Å². The number of ether oxygens (including phenoxy) is 2. The fourth-order valence-corrected chi connectivity index (χ4v) is 2.85. The molecule has 0 aliphatic rings. The molecule has 0 aliphatic carbocycles. The second-order valence-electron chi connectivity index (χ2n) is 6.28. The maximum Gasteiger partial charge on any atom is 0.266 e. The number of halogens is 1. The van der Waals surface area contributed by atoms with Gasteiger partial charge in [-0.15, -0.1) is 0 Å². The number of para-hydroxylation sites is 2. The highest BCUT2D eigenvalue weighted by Crippen LogP contribution is 2.33. The highest BCUT2D eigenvalue weighted by Gasteiger charge is 2.14. The zero-order chi connectivity index (χ0) is 21.3. The summed E-state index contributed by atoms with van der Waals surface area (Å²) in [4.78, 5) is 12.5. The minimum atomic E-state index is -0.504. The van der Waals surface area contributed by atoms with Gasteiger partial charge in [-0.1, -0.05) is 54.1 Å². The van der Waals surface area contributed by atoms with Crippen LogP contribution in [0.3, 0.4) is 0 Å². The summed E-state index contributed by atoms with van der Waals surface area (Å²) in [7, 11) is 1.53. The summed E-state index contributed by atoms with van der Waals surface area (Å²) in [6.07, 6.45) is 1.48. The van der Waals surface area contributed by atoms with Crippen molar-refractivity contribution in [3.63, 3.8) is 0 Å². The van der Waals surface area contributed by atoms with E-state index in [4.69, 9.17) is 21.1 Å². The van der Waals surface area contributed by atoms with Crippen molar-refractivity contribution in [1.29, 1.82) is 5.26 Å². The number of benzene rings is 3. The molecule has 0 atom stereocenters. The van der Waals surface area contributed by atoms with E-state index in [0.717, 1.165) is 5.56 Å². The summed E-state index contributed by atoms with van der Waals surface area (Å²) >= 11 is 5.93. The minimum absolute atomic E-state index is 0.0524. The van der Waals surface area contributed by atoms with Crippen LogP contribution in [0.2, 0.25) is 5.02 Å². The fourth-order valence-electron chi connectivity index (χ4n) is 2.72. The van der Waals surface area contributed by atoms with Gasteiger partial charge in [-0.2, -0.15) is 5.26 Å². The lowest BCUT2D eigenvalue weighted by molar-refractivity contribution is -0.112. The van der Waals surface area contributed by atoms with Gasteiger partial charge in [-0.05, 0) is 42.0 Å². The van der Waals surface area contributed by atoms with Crippen molar-refractivity contribution in [2.24, 2.45) is 0 Å². The molecule has 0 fully saturated rings. The smallest absolute Gasteiger partial charge is 0.266 e. The lowest BCUT2D eigenvalue weighted by atomic mass is 10.1. The highest BCUT2D eigenvalue weighted by atomic mass is 35.5. The van der Waals surface area contributed by atoms with Crippen LogP contribution in [0.5, 0.6) is 11.5 Å². The third kappa shape index (κ3) is 5.40. The molecular weight excluding hydrogens is 400 g/mol. The van der Waals surface area contributed by atoms with Crippen molar-refractivity contribution >= 4 is 29.3 Å². The second kappa shape index (κ2) is 10.1. The maximum atomic E-state index is 12.5. The van der Waals surface area contributed by atoms with E-state index < -0.39 is 5.91 Å². The van der Waals surface area contributed by atoms with Gasteiger partial charge >= 0.3 is 0 Å². The van der Waals surface area contributed by atoms with Crippen LogP contribution in [-0.4, -0.2) is 13.0 Å². The van der Waals surface area contributed by atoms with Crippen LogP contribution < -0.4 is 14.8 Å². The molecule has 0 aromatic heterocycles. The molecule has 1 N–H and O–H groups in total. The Morgan fingerprint density at radius 2 is 1.80 bits per heavy atom. The van der Waals surface area contributed by atoms with Crippen LogP contribution in [0.25, 0.3) is 6.08 Å². The van der Waals surface area contributed by atoms with E-state index in [1.165, 1.54) is 13.2 Å². The molecule has 5 nitrogen and oxygen atoms in total. The van der Waals surface area contributed by atoms with Crippen LogP contribution in [0, 0.1) is 11.3 Å². The number of anilines is 1. The van der Waals surface area contributed by atoms with Crippen molar-refractivity contribution in [1.82, 2.24) is 0 Å². The normalized spacial score (nSPS) is 10.8. The van der Waals surface area contributed by atoms with Crippen LogP contribution in [0.4, 0.5) is 5.69 Å². The van der Waals surface area contributed by atoms with Crippen molar-refractivity contribution < 1.29 is 14.3 Å². The molecular formula is C24H19ClN2O3. The van der Waals surface area contributed by atoms with Gasteiger partial charge < -0.3 is 14.8 Å². The van der Waals surface area contributed by atoms with Gasteiger partial charge in [-0.3, -0.25) is 4.79 Å². The van der Waals surface area contributed by atoms with Crippen molar-refractivity contribution in [3.05, 3.63) is 94.5 Å². The predicted octanol–water partition coefficient (Wildman–Crippen LogP) is 5.47. The zero-order valence-corrected chi connectivity index (χ0v) is 17.0. The number of methoxy groups -OCH3 is 1. The van der Waals surface area contributed by atoms with Gasteiger partial charge in [0.15, 0.2) is 11.5 Å². The number of amides is 1. The first-order chi connectivity index (χ1) is 14.6. The number of carbonyl (C=O) groups is 1. The van der Waals surface area contributed by atoms with Crippen molar-refractivity contribution in [3.8, 4) is 17.6 Å². The monoisotopic (exact) mass is 418 g/mol. The average Bonchev–Trinajstić information content (AvgIpc) is 2.77. The summed E-state index contributed by atoms with van der Waals surface area (Å²) < 4.78 is 11.4. The van der Waals surface area contributed by atoms with Gasteiger partial charge in [0, 0.05) is 16.3 Å². The Labute approximate surface area is 180 Å². The van der Waals surface area contributed by atoms with Crippen LogP contribution in [-0.2, 0) is 11.4 Å². The van der Waals surface area contributed by atoms with Gasteiger partial charge in [0.1, 0.15) is 18.2 Å². The lowest BCUT2D eigenvalue weighted by Crippen LogP contribution is -2.13. The molecule has 3 aromatic rings. The summed E-state index contributed by atoms with van der Waals surface area (Å²) in [5, 5.41) is 12.9. The molecule has 0 spiro atoms. The Hall–Kier alpha value is -3.75. The van der Waals surface area contributed by atoms with Gasteiger partial charge in [0.2, 0.25) is 0 Å². The molecule has 3 aromatic carbocycles. The minimum Gasteiger partial charge on any atom is -0.493 e. The van der Waals surface area contributed by atoms with E-state index in [-0.39, 0.29) is 12.2 Å². The Morgan fingerprint density at radius 3 is 2.47 bits per heavy atom. The first-order valence-corrected chi connectivity index (χ1v) is 9.51. The van der Waals surface area contributed by atoms with Crippen LogP contribution in [0.1, 0.15) is 11.1 Å². The average molecular weight is 419 g/mol. The summed E-state index contributed by atoms with van der Waals surface area (Å²) in [6.45, 7) is 0.274. The van der Waals surface area contributed by atoms with Crippen LogP contribution >= 0.6 is 11.6 Å². The largest absolute Gasteiger partial charge is 0.493 e. The molecule has 0 radical (unpaired) electrons. The number of hydrogen-bond acceptors (Lipinski definition) is 4. The second-order valence-corrected chi connectivity index (χ2v) is 6.72. The maximum absolute atomic E-state index is 12.5. The number of nitrogens with one attached hydrogen (secondary N) is 1. The number of carbonyl (C=O) groups excluding carboxylic acids is 1. The quantitative estimate of drug-likeness (QED) is 0.407. The van der Waals surface area contributed by atoms with Gasteiger partial charge in [0.05, 0.1) is 7.11 Å². The number of hydrogen-bond donors (Lipinski definition) is 1. The van der Waals surface area contributed by atoms with Gasteiger partial charge in [0.25, 0.3) is 5.91 Å². The Bertz CT molecular complexity index is 1090. The standard InChI is InChI=1S/C24H19ClN2O3/c1-29-22-9-5-6-18(23(22)30-16-17-10-12-20(25)13-11-17)14-19(15-26)24(28)27-21-7-3-2-4-8-21/h2-14H,16H2,1H3,(H,27,28)/b19-14+. The third-order valence-electron chi connectivity index (χ3n) is 4.22. The van der Waals surface area contributed by atoms with E-state index in [9.17, 15) is 10.1 Å². The molecule has 0 unspecified atom stereocenters. The molecule has 0 heterocycles. The number of nitriles is 1. The molecule has 0 saturated carbocycles. The van der Waals surface area contributed by atoms with E-state index in [1.807, 2.05) is 24.3 Å². The molecule has 1 amide bonds. The molecule has 3 rings (SSSR count). The molecule has 30 heavy (non-hydrogen) atoms. The summed E-state index contributed by atoms with van der Waals surface area (Å²) in [5.74, 6) is 0.434. The van der Waals surface area contributed by atoms with E-state index in [1.54, 1.807) is 54.6 Å². The van der Waals surface area contributed by atoms with Crippen molar-refractivity contribution in [2.75, 3.05) is 12.4 Å². The molecule has 0 aliphatic heterocycles. The van der Waals surface area contributed by atoms with Crippen LogP contribution in [0.15, 0.2) is 78.4 Å². The topological polar surface area (TPSA) is 71.3 Å². The predicted molar refractivity (Wildman–Crippen MR) is 117 cm³/mol.